The molecule has 0 N–H and O–H groups in total. The summed E-state index contributed by atoms with van der Waals surface area (Å²) >= 11 is 0. The van der Waals surface area contributed by atoms with Crippen LogP contribution in [0.1, 0.15) is 12.8 Å². The first kappa shape index (κ1) is 9.65. The van der Waals surface area contributed by atoms with Crippen LogP contribution < -0.4 is 0 Å². The predicted molar refractivity (Wildman–Crippen MR) is 45.4 cm³/mol. The van der Waals surface area contributed by atoms with Crippen molar-refractivity contribution in [2.24, 2.45) is 5.92 Å². The molecule has 0 aromatic heterocycles. The third kappa shape index (κ3) is 2.03. The first-order chi connectivity index (χ1) is 5.56. The molecule has 70 valence electrons. The van der Waals surface area contributed by atoms with E-state index < -0.39 is 11.8 Å². The van der Waals surface area contributed by atoms with Crippen molar-refractivity contribution < 1.29 is 8.78 Å². The molecule has 0 aromatic carbocycles. The summed E-state index contributed by atoms with van der Waals surface area (Å²) < 4.78 is 26.1. The molecule has 1 heterocycles. The zero-order chi connectivity index (χ0) is 9.19. The lowest BCUT2D eigenvalue weighted by Crippen LogP contribution is -2.37. The lowest BCUT2D eigenvalue weighted by atomic mass is 9.91. The van der Waals surface area contributed by atoms with Crippen LogP contribution in [-0.4, -0.2) is 31.0 Å². The Hall–Kier alpha value is -0.440. The second-order valence-electron chi connectivity index (χ2n) is 3.46. The van der Waals surface area contributed by atoms with Crippen LogP contribution in [0.4, 0.5) is 8.78 Å². The van der Waals surface area contributed by atoms with Crippen LogP contribution in [0.3, 0.4) is 0 Å². The molecule has 0 unspecified atom stereocenters. The van der Waals surface area contributed by atoms with Crippen molar-refractivity contribution in [1.29, 1.82) is 0 Å². The molecule has 1 rings (SSSR count). The van der Waals surface area contributed by atoms with Crippen LogP contribution in [-0.2, 0) is 0 Å². The summed E-state index contributed by atoms with van der Waals surface area (Å²) in [7, 11) is 1.96. The van der Waals surface area contributed by atoms with Gasteiger partial charge in [0.05, 0.1) is 0 Å². The molecule has 0 saturated carbocycles. The lowest BCUT2D eigenvalue weighted by Gasteiger charge is -2.32. The maximum absolute atomic E-state index is 13.0. The third-order valence-electron chi connectivity index (χ3n) is 2.54. The van der Waals surface area contributed by atoms with Gasteiger partial charge >= 0.3 is 0 Å². The van der Waals surface area contributed by atoms with Crippen molar-refractivity contribution in [3.8, 4) is 0 Å². The van der Waals surface area contributed by atoms with E-state index in [0.717, 1.165) is 19.2 Å². The molecule has 0 aromatic rings. The summed E-state index contributed by atoms with van der Waals surface area (Å²) in [5.74, 6) is -3.16. The molecule has 3 heteroatoms. The molecule has 0 atom stereocenters. The molecule has 1 aliphatic rings. The summed E-state index contributed by atoms with van der Waals surface area (Å²) in [6.45, 7) is 4.71. The number of hydrogen-bond donors (Lipinski definition) is 0. The Morgan fingerprint density at radius 3 is 2.33 bits per heavy atom. The van der Waals surface area contributed by atoms with Gasteiger partial charge in [-0.3, -0.25) is 0 Å². The highest BCUT2D eigenvalue weighted by molar-refractivity contribution is 4.94. The molecule has 0 amide bonds. The highest BCUT2D eigenvalue weighted by atomic mass is 19.3. The van der Waals surface area contributed by atoms with Crippen LogP contribution in [0.2, 0.25) is 0 Å². The van der Waals surface area contributed by atoms with E-state index in [1.165, 1.54) is 0 Å². The zero-order valence-corrected chi connectivity index (χ0v) is 7.39. The first-order valence-corrected chi connectivity index (χ1v) is 4.26. The number of likely N-dealkylation sites (tertiary alicyclic amines) is 1. The van der Waals surface area contributed by atoms with Crippen LogP contribution >= 0.6 is 0 Å². The van der Waals surface area contributed by atoms with Gasteiger partial charge in [-0.05, 0) is 39.1 Å². The minimum Gasteiger partial charge on any atom is -0.306 e. The average Bonchev–Trinajstić information content (AvgIpc) is 2.05. The summed E-state index contributed by atoms with van der Waals surface area (Å²) in [6, 6.07) is 0. The number of rotatable bonds is 2. The quantitative estimate of drug-likeness (QED) is 0.581. The van der Waals surface area contributed by atoms with Gasteiger partial charge in [0.25, 0.3) is 5.92 Å². The van der Waals surface area contributed by atoms with E-state index in [0.29, 0.717) is 12.8 Å². The average molecular weight is 175 g/mol. The zero-order valence-electron chi connectivity index (χ0n) is 7.39. The number of hydrogen-bond acceptors (Lipinski definition) is 1. The van der Waals surface area contributed by atoms with Crippen molar-refractivity contribution >= 4 is 0 Å². The van der Waals surface area contributed by atoms with Gasteiger partial charge in [0.1, 0.15) is 0 Å². The SMILES string of the molecule is C=CC(F)(F)C1CCN(C)CC1. The molecule has 1 saturated heterocycles. The molecular formula is C9H15F2N. The molecule has 1 fully saturated rings. The maximum Gasteiger partial charge on any atom is 0.269 e. The van der Waals surface area contributed by atoms with Crippen LogP contribution in [0, 0.1) is 5.92 Å². The van der Waals surface area contributed by atoms with Gasteiger partial charge in [-0.1, -0.05) is 6.58 Å². The van der Waals surface area contributed by atoms with Crippen LogP contribution in [0.25, 0.3) is 0 Å². The monoisotopic (exact) mass is 175 g/mol. The predicted octanol–water partition coefficient (Wildman–Crippen LogP) is 2.15. The van der Waals surface area contributed by atoms with E-state index >= 15 is 0 Å². The van der Waals surface area contributed by atoms with Crippen LogP contribution in [0.5, 0.6) is 0 Å². The highest BCUT2D eigenvalue weighted by Crippen LogP contribution is 2.33. The van der Waals surface area contributed by atoms with Crippen LogP contribution in [0.15, 0.2) is 12.7 Å². The molecule has 12 heavy (non-hydrogen) atoms. The van der Waals surface area contributed by atoms with E-state index in [-0.39, 0.29) is 0 Å². The van der Waals surface area contributed by atoms with Gasteiger partial charge in [0.2, 0.25) is 0 Å². The Kier molecular flexibility index (Phi) is 2.83. The second-order valence-corrected chi connectivity index (χ2v) is 3.46. The van der Waals surface area contributed by atoms with Gasteiger partial charge in [0, 0.05) is 5.92 Å². The van der Waals surface area contributed by atoms with E-state index in [2.05, 4.69) is 11.5 Å². The summed E-state index contributed by atoms with van der Waals surface area (Å²) in [6.07, 6.45) is 1.94. The molecule has 1 nitrogen and oxygen atoms in total. The van der Waals surface area contributed by atoms with Crippen molar-refractivity contribution in [2.45, 2.75) is 18.8 Å². The fourth-order valence-electron chi connectivity index (χ4n) is 1.56. The molecule has 0 bridgehead atoms. The Labute approximate surface area is 72.1 Å². The highest BCUT2D eigenvalue weighted by Gasteiger charge is 2.37. The molecule has 0 spiro atoms. The number of piperidine rings is 1. The summed E-state index contributed by atoms with van der Waals surface area (Å²) in [5.41, 5.74) is 0. The number of halogens is 2. The Morgan fingerprint density at radius 2 is 1.92 bits per heavy atom. The lowest BCUT2D eigenvalue weighted by molar-refractivity contribution is -0.0325. The van der Waals surface area contributed by atoms with Crippen molar-refractivity contribution in [3.63, 3.8) is 0 Å². The second kappa shape index (κ2) is 3.52. The fraction of sp³-hybridized carbons (Fsp3) is 0.778. The topological polar surface area (TPSA) is 3.24 Å². The van der Waals surface area contributed by atoms with E-state index in [1.807, 2.05) is 7.05 Å². The van der Waals surface area contributed by atoms with E-state index in [1.54, 1.807) is 0 Å². The number of allylic oxidation sites excluding steroid dienone is 1. The summed E-state index contributed by atoms with van der Waals surface area (Å²) in [5, 5.41) is 0. The normalized spacial score (nSPS) is 22.6. The summed E-state index contributed by atoms with van der Waals surface area (Å²) in [4.78, 5) is 2.08. The van der Waals surface area contributed by atoms with Gasteiger partial charge in [-0.25, -0.2) is 8.78 Å². The number of nitrogens with zero attached hydrogens (tertiary/aromatic N) is 1. The molecule has 0 radical (unpaired) electrons. The third-order valence-corrected chi connectivity index (χ3v) is 2.54. The Bertz CT molecular complexity index is 160. The van der Waals surface area contributed by atoms with E-state index in [9.17, 15) is 8.78 Å². The molecule has 1 aliphatic heterocycles. The van der Waals surface area contributed by atoms with Gasteiger partial charge in [-0.15, -0.1) is 0 Å². The Balaban J connectivity index is 2.49. The fourth-order valence-corrected chi connectivity index (χ4v) is 1.56. The van der Waals surface area contributed by atoms with Crippen molar-refractivity contribution in [1.82, 2.24) is 4.90 Å². The van der Waals surface area contributed by atoms with Crippen molar-refractivity contribution in [3.05, 3.63) is 12.7 Å². The first-order valence-electron chi connectivity index (χ1n) is 4.26. The minimum absolute atomic E-state index is 0.494. The smallest absolute Gasteiger partial charge is 0.269 e. The molecular weight excluding hydrogens is 160 g/mol. The van der Waals surface area contributed by atoms with Crippen molar-refractivity contribution in [2.75, 3.05) is 20.1 Å². The number of alkyl halides is 2. The van der Waals surface area contributed by atoms with Gasteiger partial charge in [0.15, 0.2) is 0 Å². The van der Waals surface area contributed by atoms with E-state index in [4.69, 9.17) is 0 Å². The molecule has 0 aliphatic carbocycles. The Morgan fingerprint density at radius 1 is 1.42 bits per heavy atom. The minimum atomic E-state index is -2.67. The van der Waals surface area contributed by atoms with Gasteiger partial charge < -0.3 is 4.90 Å². The largest absolute Gasteiger partial charge is 0.306 e. The standard InChI is InChI=1S/C9H15F2N/c1-3-9(10,11)8-4-6-12(2)7-5-8/h3,8H,1,4-7H2,2H3. The maximum atomic E-state index is 13.0. The van der Waals surface area contributed by atoms with Gasteiger partial charge in [-0.2, -0.15) is 0 Å².